The van der Waals surface area contributed by atoms with Gasteiger partial charge in [0.15, 0.2) is 0 Å². The molecule has 2 aromatic rings. The van der Waals surface area contributed by atoms with Gasteiger partial charge in [0.05, 0.1) is 12.5 Å². The first-order valence-corrected chi connectivity index (χ1v) is 7.68. The minimum atomic E-state index is -0.632. The minimum Gasteiger partial charge on any atom is -0.387 e. The maximum absolute atomic E-state index is 11.8. The second kappa shape index (κ2) is 7.22. The number of carbonyl (C=O) groups excluding carboxylic acids is 1. The van der Waals surface area contributed by atoms with E-state index in [-0.39, 0.29) is 12.5 Å². The number of thiophene rings is 1. The van der Waals surface area contributed by atoms with Gasteiger partial charge in [0.1, 0.15) is 0 Å². The molecular formula is C16H19NO2S. The van der Waals surface area contributed by atoms with Gasteiger partial charge in [-0.3, -0.25) is 4.79 Å². The molecule has 106 valence electrons. The Morgan fingerprint density at radius 1 is 1.25 bits per heavy atom. The van der Waals surface area contributed by atoms with E-state index in [1.165, 1.54) is 16.9 Å². The molecule has 0 fully saturated rings. The molecule has 1 amide bonds. The van der Waals surface area contributed by atoms with Crippen molar-refractivity contribution < 1.29 is 9.90 Å². The molecule has 1 heterocycles. The highest BCUT2D eigenvalue weighted by atomic mass is 32.1. The van der Waals surface area contributed by atoms with E-state index in [4.69, 9.17) is 0 Å². The number of aliphatic hydroxyl groups is 1. The van der Waals surface area contributed by atoms with Gasteiger partial charge in [-0.1, -0.05) is 31.2 Å². The van der Waals surface area contributed by atoms with E-state index >= 15 is 0 Å². The average molecular weight is 289 g/mol. The van der Waals surface area contributed by atoms with Crippen LogP contribution in [0.1, 0.15) is 29.7 Å². The lowest BCUT2D eigenvalue weighted by Gasteiger charge is -2.10. The van der Waals surface area contributed by atoms with E-state index in [9.17, 15) is 9.90 Å². The van der Waals surface area contributed by atoms with Crippen molar-refractivity contribution in [1.82, 2.24) is 5.32 Å². The third-order valence-electron chi connectivity index (χ3n) is 3.22. The van der Waals surface area contributed by atoms with Gasteiger partial charge in [-0.05, 0) is 39.9 Å². The minimum absolute atomic E-state index is 0.0662. The number of nitrogens with one attached hydrogen (secondary N) is 1. The number of aliphatic hydroxyl groups excluding tert-OH is 1. The summed E-state index contributed by atoms with van der Waals surface area (Å²) >= 11 is 1.54. The number of carbonyl (C=O) groups is 1. The van der Waals surface area contributed by atoms with Crippen LogP contribution < -0.4 is 5.32 Å². The molecule has 1 atom stereocenters. The highest BCUT2D eigenvalue weighted by molar-refractivity contribution is 7.07. The van der Waals surface area contributed by atoms with Crippen LogP contribution in [0.25, 0.3) is 0 Å². The summed E-state index contributed by atoms with van der Waals surface area (Å²) in [6.45, 7) is 2.36. The van der Waals surface area contributed by atoms with Crippen LogP contribution >= 0.6 is 11.3 Å². The lowest BCUT2D eigenvalue weighted by molar-refractivity contribution is -0.120. The van der Waals surface area contributed by atoms with Crippen LogP contribution in [0.4, 0.5) is 0 Å². The molecule has 0 saturated heterocycles. The van der Waals surface area contributed by atoms with Crippen molar-refractivity contribution in [1.29, 1.82) is 0 Å². The molecule has 2 rings (SSSR count). The predicted octanol–water partition coefficient (Wildman–Crippen LogP) is 2.70. The van der Waals surface area contributed by atoms with Crippen LogP contribution in [0.2, 0.25) is 0 Å². The van der Waals surface area contributed by atoms with Gasteiger partial charge >= 0.3 is 0 Å². The summed E-state index contributed by atoms with van der Waals surface area (Å²) < 4.78 is 0. The van der Waals surface area contributed by atoms with E-state index in [1.54, 1.807) is 0 Å². The van der Waals surface area contributed by atoms with E-state index in [0.29, 0.717) is 6.42 Å². The predicted molar refractivity (Wildman–Crippen MR) is 81.8 cm³/mol. The molecule has 2 N–H and O–H groups in total. The summed E-state index contributed by atoms with van der Waals surface area (Å²) in [7, 11) is 0. The molecule has 1 unspecified atom stereocenters. The Balaban J connectivity index is 1.80. The number of rotatable bonds is 6. The number of benzene rings is 1. The number of amides is 1. The smallest absolute Gasteiger partial charge is 0.224 e. The quantitative estimate of drug-likeness (QED) is 0.859. The molecule has 1 aromatic carbocycles. The van der Waals surface area contributed by atoms with Gasteiger partial charge < -0.3 is 10.4 Å². The van der Waals surface area contributed by atoms with Gasteiger partial charge in [0.2, 0.25) is 5.91 Å². The van der Waals surface area contributed by atoms with Crippen molar-refractivity contribution >= 4 is 17.2 Å². The van der Waals surface area contributed by atoms with E-state index in [0.717, 1.165) is 17.5 Å². The molecule has 3 nitrogen and oxygen atoms in total. The van der Waals surface area contributed by atoms with Gasteiger partial charge in [-0.2, -0.15) is 11.3 Å². The van der Waals surface area contributed by atoms with E-state index in [2.05, 4.69) is 12.2 Å². The second-order valence-corrected chi connectivity index (χ2v) is 5.50. The van der Waals surface area contributed by atoms with Crippen molar-refractivity contribution in [2.24, 2.45) is 0 Å². The zero-order valence-electron chi connectivity index (χ0n) is 11.5. The molecule has 0 bridgehead atoms. The van der Waals surface area contributed by atoms with Crippen LogP contribution in [-0.4, -0.2) is 17.6 Å². The van der Waals surface area contributed by atoms with E-state index in [1.807, 2.05) is 41.1 Å². The molecule has 4 heteroatoms. The summed E-state index contributed by atoms with van der Waals surface area (Å²) in [5.41, 5.74) is 3.11. The van der Waals surface area contributed by atoms with Crippen molar-refractivity contribution in [3.05, 3.63) is 57.8 Å². The fourth-order valence-corrected chi connectivity index (χ4v) is 2.64. The van der Waals surface area contributed by atoms with Crippen molar-refractivity contribution in [3.8, 4) is 0 Å². The normalized spacial score (nSPS) is 12.1. The summed E-state index contributed by atoms with van der Waals surface area (Å²) in [5.74, 6) is -0.0662. The first kappa shape index (κ1) is 14.8. The number of hydrogen-bond acceptors (Lipinski definition) is 3. The van der Waals surface area contributed by atoms with Crippen LogP contribution in [0, 0.1) is 0 Å². The first-order chi connectivity index (χ1) is 9.69. The second-order valence-electron chi connectivity index (χ2n) is 4.72. The fourth-order valence-electron chi connectivity index (χ4n) is 1.93. The Labute approximate surface area is 123 Å². The maximum atomic E-state index is 11.8. The van der Waals surface area contributed by atoms with Gasteiger partial charge in [0.25, 0.3) is 0 Å². The summed E-state index contributed by atoms with van der Waals surface area (Å²) in [5, 5.41) is 16.4. The van der Waals surface area contributed by atoms with Crippen LogP contribution in [-0.2, 0) is 17.6 Å². The lowest BCUT2D eigenvalue weighted by Crippen LogP contribution is -2.29. The van der Waals surface area contributed by atoms with Crippen LogP contribution in [0.15, 0.2) is 41.1 Å². The maximum Gasteiger partial charge on any atom is 0.224 e. The van der Waals surface area contributed by atoms with Crippen molar-refractivity contribution in [2.75, 3.05) is 6.54 Å². The Morgan fingerprint density at radius 2 is 1.95 bits per heavy atom. The van der Waals surface area contributed by atoms with Gasteiger partial charge in [-0.25, -0.2) is 0 Å². The molecule has 0 spiro atoms. The third-order valence-corrected chi connectivity index (χ3v) is 3.92. The van der Waals surface area contributed by atoms with E-state index < -0.39 is 6.10 Å². The Kier molecular flexibility index (Phi) is 5.32. The Morgan fingerprint density at radius 3 is 2.55 bits per heavy atom. The Bertz CT molecular complexity index is 534. The highest BCUT2D eigenvalue weighted by Crippen LogP contribution is 2.15. The summed E-state index contributed by atoms with van der Waals surface area (Å²) in [4.78, 5) is 11.8. The van der Waals surface area contributed by atoms with Crippen molar-refractivity contribution in [3.63, 3.8) is 0 Å². The van der Waals surface area contributed by atoms with Crippen molar-refractivity contribution in [2.45, 2.75) is 25.9 Å². The zero-order valence-corrected chi connectivity index (χ0v) is 12.3. The van der Waals surface area contributed by atoms with Crippen LogP contribution in [0.3, 0.4) is 0 Å². The SMILES string of the molecule is CCc1ccc(CC(=O)NCC(O)c2ccsc2)cc1. The standard InChI is InChI=1S/C16H19NO2S/c1-2-12-3-5-13(6-4-12)9-16(19)17-10-15(18)14-7-8-20-11-14/h3-8,11,15,18H,2,9-10H2,1H3,(H,17,19). The number of hydrogen-bond donors (Lipinski definition) is 2. The molecule has 0 radical (unpaired) electrons. The zero-order chi connectivity index (χ0) is 14.4. The molecular weight excluding hydrogens is 270 g/mol. The molecule has 20 heavy (non-hydrogen) atoms. The van der Waals surface area contributed by atoms with Gasteiger partial charge in [-0.15, -0.1) is 0 Å². The van der Waals surface area contributed by atoms with Crippen LogP contribution in [0.5, 0.6) is 0 Å². The molecule has 0 saturated carbocycles. The monoisotopic (exact) mass is 289 g/mol. The largest absolute Gasteiger partial charge is 0.387 e. The Hall–Kier alpha value is -1.65. The van der Waals surface area contributed by atoms with Gasteiger partial charge in [0, 0.05) is 6.54 Å². The topological polar surface area (TPSA) is 49.3 Å². The summed E-state index contributed by atoms with van der Waals surface area (Å²) in [6, 6.07) is 9.91. The molecule has 0 aliphatic carbocycles. The molecule has 0 aliphatic heterocycles. The molecule has 1 aromatic heterocycles. The average Bonchev–Trinajstić information content (AvgIpc) is 3.00. The fraction of sp³-hybridized carbons (Fsp3) is 0.312. The summed E-state index contributed by atoms with van der Waals surface area (Å²) in [6.07, 6.45) is 0.715. The lowest BCUT2D eigenvalue weighted by atomic mass is 10.1. The highest BCUT2D eigenvalue weighted by Gasteiger charge is 2.10. The molecule has 0 aliphatic rings. The first-order valence-electron chi connectivity index (χ1n) is 6.73. The number of aryl methyl sites for hydroxylation is 1. The third kappa shape index (κ3) is 4.18.